The predicted molar refractivity (Wildman–Crippen MR) is 179 cm³/mol. The molecule has 5 atom stereocenters. The summed E-state index contributed by atoms with van der Waals surface area (Å²) in [4.78, 5) is 44.9. The molecule has 2 saturated heterocycles. The Balaban J connectivity index is 1.22. The summed E-state index contributed by atoms with van der Waals surface area (Å²) in [5.74, 6) is -0.987. The van der Waals surface area contributed by atoms with Crippen LogP contribution in [0.5, 0.6) is 0 Å². The lowest BCUT2D eigenvalue weighted by Crippen LogP contribution is -2.45. The van der Waals surface area contributed by atoms with Crippen LogP contribution in [0.3, 0.4) is 0 Å². The molecule has 11 heteroatoms. The molecule has 3 aliphatic heterocycles. The number of nitrogens with zero attached hydrogens (tertiary/aromatic N) is 4. The van der Waals surface area contributed by atoms with Crippen molar-refractivity contribution in [2.24, 2.45) is 5.92 Å². The summed E-state index contributed by atoms with van der Waals surface area (Å²) in [7, 11) is -3.45. The van der Waals surface area contributed by atoms with Gasteiger partial charge in [-0.2, -0.15) is 9.78 Å². The Hall–Kier alpha value is -4.19. The number of anilines is 1. The monoisotopic (exact) mass is 654 g/mol. The molecule has 0 saturated carbocycles. The van der Waals surface area contributed by atoms with Gasteiger partial charge in [0, 0.05) is 29.0 Å². The molecule has 3 aliphatic rings. The topological polar surface area (TPSA) is 105 Å². The maximum atomic E-state index is 16.2. The largest absolute Gasteiger partial charge is 0.394 e. The molecular formula is C36H39FN4O5Si. The van der Waals surface area contributed by atoms with Crippen LogP contribution in [0.1, 0.15) is 37.3 Å². The molecular weight excluding hydrogens is 616 g/mol. The van der Waals surface area contributed by atoms with Crippen LogP contribution in [0, 0.1) is 5.92 Å². The molecule has 2 amide bonds. The Morgan fingerprint density at radius 3 is 2.64 bits per heavy atom. The highest BCUT2D eigenvalue weighted by molar-refractivity contribution is 6.72. The third kappa shape index (κ3) is 5.11. The lowest BCUT2D eigenvalue weighted by atomic mass is 9.82. The van der Waals surface area contributed by atoms with Crippen molar-refractivity contribution >= 4 is 36.7 Å². The number of hydrogen-bond acceptors (Lipinski definition) is 6. The van der Waals surface area contributed by atoms with Crippen molar-refractivity contribution in [3.63, 3.8) is 0 Å². The van der Waals surface area contributed by atoms with Crippen LogP contribution < -0.4 is 10.5 Å². The van der Waals surface area contributed by atoms with Gasteiger partial charge in [-0.25, -0.2) is 0 Å². The van der Waals surface area contributed by atoms with E-state index in [1.807, 2.05) is 67.6 Å². The number of carbonyl (C=O) groups is 2. The van der Waals surface area contributed by atoms with Gasteiger partial charge in [0.15, 0.2) is 5.60 Å². The fourth-order valence-electron chi connectivity index (χ4n) is 8.25. The number of aliphatic hydroxyl groups is 1. The first-order valence-corrected chi connectivity index (χ1v) is 19.2. The molecule has 7 rings (SSSR count). The van der Waals surface area contributed by atoms with E-state index in [1.54, 1.807) is 41.2 Å². The molecule has 1 N–H and O–H groups in total. The van der Waals surface area contributed by atoms with Gasteiger partial charge in [0.1, 0.15) is 0 Å². The van der Waals surface area contributed by atoms with E-state index in [0.717, 1.165) is 23.8 Å². The molecule has 47 heavy (non-hydrogen) atoms. The predicted octanol–water partition coefficient (Wildman–Crippen LogP) is 5.08. The molecule has 0 unspecified atom stereocenters. The summed E-state index contributed by atoms with van der Waals surface area (Å²) >= 11 is 0. The zero-order chi connectivity index (χ0) is 33.1. The average molecular weight is 655 g/mol. The highest BCUT2D eigenvalue weighted by Gasteiger charge is 2.67. The Morgan fingerprint density at radius 2 is 1.85 bits per heavy atom. The standard InChI is InChI=1S/C36H39FN4O5Si/c1-23-33(47(2,3)37)31(19-32(43)39-17-9-13-27(39)22-42)46-36(23)29-15-6-7-16-30(29)40(35(36)45)21-24-10-8-12-26(18-24)41-34(44)28-14-5-4-11-25(28)20-38-41/h4-8,10-12,14-16,18,20,23,27,31,33,42H,9,13,17,19,21-22H2,1-3H3/t23-,27-,31+,33-,36+/m0/s1. The van der Waals surface area contributed by atoms with Crippen molar-refractivity contribution in [2.75, 3.05) is 18.1 Å². The number of ether oxygens (including phenoxy) is 1. The third-order valence-corrected chi connectivity index (χ3v) is 12.8. The Labute approximate surface area is 273 Å². The van der Waals surface area contributed by atoms with Crippen molar-refractivity contribution < 1.29 is 23.5 Å². The molecule has 4 heterocycles. The number of fused-ring (bicyclic) bond motifs is 3. The van der Waals surface area contributed by atoms with Crippen LogP contribution in [-0.2, 0) is 26.5 Å². The number of likely N-dealkylation sites (tertiary alicyclic amines) is 1. The third-order valence-electron chi connectivity index (χ3n) is 10.3. The second-order valence-electron chi connectivity index (χ2n) is 13.6. The van der Waals surface area contributed by atoms with Crippen LogP contribution in [-0.4, -0.2) is 65.3 Å². The number of amides is 2. The Morgan fingerprint density at radius 1 is 1.09 bits per heavy atom. The second kappa shape index (κ2) is 11.8. The van der Waals surface area contributed by atoms with Gasteiger partial charge in [0.25, 0.3) is 11.5 Å². The first-order valence-electron chi connectivity index (χ1n) is 16.3. The molecule has 0 aliphatic carbocycles. The molecule has 4 aromatic rings. The molecule has 2 fully saturated rings. The van der Waals surface area contributed by atoms with Crippen LogP contribution in [0.15, 0.2) is 83.8 Å². The molecule has 244 valence electrons. The van der Waals surface area contributed by atoms with Crippen molar-refractivity contribution in [3.05, 3.63) is 100 Å². The first-order chi connectivity index (χ1) is 22.5. The fourth-order valence-corrected chi connectivity index (χ4v) is 10.7. The molecule has 3 aromatic carbocycles. The zero-order valence-electron chi connectivity index (χ0n) is 26.8. The van der Waals surface area contributed by atoms with Crippen molar-refractivity contribution in [3.8, 4) is 5.69 Å². The van der Waals surface area contributed by atoms with Crippen LogP contribution >= 0.6 is 0 Å². The number of aromatic nitrogens is 2. The highest BCUT2D eigenvalue weighted by atomic mass is 28.4. The van der Waals surface area contributed by atoms with E-state index in [0.29, 0.717) is 28.9 Å². The quantitative estimate of drug-likeness (QED) is 0.220. The summed E-state index contributed by atoms with van der Waals surface area (Å²) < 4.78 is 24.3. The minimum Gasteiger partial charge on any atom is -0.394 e. The molecule has 1 spiro atoms. The van der Waals surface area contributed by atoms with Gasteiger partial charge in [-0.1, -0.05) is 55.5 Å². The Kier molecular flexibility index (Phi) is 7.89. The minimum atomic E-state index is -3.45. The molecule has 0 bridgehead atoms. The maximum absolute atomic E-state index is 16.2. The van der Waals surface area contributed by atoms with E-state index in [4.69, 9.17) is 4.74 Å². The van der Waals surface area contributed by atoms with Crippen molar-refractivity contribution in [2.45, 2.75) is 69.1 Å². The van der Waals surface area contributed by atoms with E-state index in [2.05, 4.69) is 5.10 Å². The van der Waals surface area contributed by atoms with E-state index < -0.39 is 31.6 Å². The summed E-state index contributed by atoms with van der Waals surface area (Å²) in [6.07, 6.45) is 2.37. The first kappa shape index (κ1) is 31.4. The van der Waals surface area contributed by atoms with Gasteiger partial charge in [-0.05, 0) is 55.8 Å². The number of rotatable bonds is 7. The normalized spacial score (nSPS) is 25.7. The zero-order valence-corrected chi connectivity index (χ0v) is 27.8. The van der Waals surface area contributed by atoms with Crippen LogP contribution in [0.4, 0.5) is 9.80 Å². The van der Waals surface area contributed by atoms with E-state index in [1.165, 1.54) is 4.68 Å². The smallest absolute Gasteiger partial charge is 0.279 e. The lowest BCUT2D eigenvalue weighted by molar-refractivity contribution is -0.150. The number of carbonyl (C=O) groups excluding carboxylic acids is 2. The average Bonchev–Trinajstić information content (AvgIpc) is 3.72. The summed E-state index contributed by atoms with van der Waals surface area (Å²) in [6.45, 7) is 5.76. The fraction of sp³-hybridized carbons (Fsp3) is 0.389. The van der Waals surface area contributed by atoms with Gasteiger partial charge in [0.2, 0.25) is 14.3 Å². The highest BCUT2D eigenvalue weighted by Crippen LogP contribution is 2.60. The number of hydrogen-bond donors (Lipinski definition) is 1. The summed E-state index contributed by atoms with van der Waals surface area (Å²) in [5.41, 5.74) is 0.423. The van der Waals surface area contributed by atoms with Crippen molar-refractivity contribution in [1.82, 2.24) is 14.7 Å². The van der Waals surface area contributed by atoms with Gasteiger partial charge in [-0.3, -0.25) is 14.4 Å². The van der Waals surface area contributed by atoms with Crippen LogP contribution in [0.25, 0.3) is 16.5 Å². The van der Waals surface area contributed by atoms with Gasteiger partial charge in [0.05, 0.1) is 54.7 Å². The number of aliphatic hydroxyl groups excluding tert-OH is 1. The maximum Gasteiger partial charge on any atom is 0.279 e. The van der Waals surface area contributed by atoms with Gasteiger partial charge in [-0.15, -0.1) is 0 Å². The van der Waals surface area contributed by atoms with Crippen LogP contribution in [0.2, 0.25) is 18.6 Å². The van der Waals surface area contributed by atoms with E-state index >= 15 is 4.11 Å². The molecule has 0 radical (unpaired) electrons. The molecule has 9 nitrogen and oxygen atoms in total. The summed E-state index contributed by atoms with van der Waals surface area (Å²) in [5, 5.41) is 15.5. The summed E-state index contributed by atoms with van der Waals surface area (Å²) in [6, 6.07) is 21.9. The minimum absolute atomic E-state index is 0.0430. The lowest BCUT2D eigenvalue weighted by Gasteiger charge is -2.31. The Bertz CT molecular complexity index is 1930. The van der Waals surface area contributed by atoms with E-state index in [9.17, 15) is 19.5 Å². The SMILES string of the molecule is C[C@H]1[C@H]([Si](C)(C)F)[C@@H](CC(=O)N2CCC[C@H]2CO)O[C@]12C(=O)N(Cc1cccc(-n3ncc4ccccc4c3=O)c1)c1ccccc12. The molecule has 1 aromatic heterocycles. The van der Waals surface area contributed by atoms with E-state index in [-0.39, 0.29) is 43.0 Å². The van der Waals surface area contributed by atoms with Gasteiger partial charge >= 0.3 is 0 Å². The van der Waals surface area contributed by atoms with Gasteiger partial charge < -0.3 is 23.8 Å². The van der Waals surface area contributed by atoms with Crippen molar-refractivity contribution in [1.29, 1.82) is 0 Å². The number of benzene rings is 3. The second-order valence-corrected chi connectivity index (χ2v) is 17.4. The number of para-hydroxylation sites is 1. The number of halogens is 1.